The summed E-state index contributed by atoms with van der Waals surface area (Å²) in [5.74, 6) is 0.972. The van der Waals surface area contributed by atoms with Gasteiger partial charge in [-0.05, 0) is 44.6 Å². The van der Waals surface area contributed by atoms with Crippen molar-refractivity contribution in [1.29, 1.82) is 0 Å². The molecule has 0 aliphatic heterocycles. The molecule has 0 aromatic carbocycles. The first-order valence-electron chi connectivity index (χ1n) is 5.57. The zero-order valence-electron chi connectivity index (χ0n) is 9.95. The maximum Gasteiger partial charge on any atom is 0.126 e. The van der Waals surface area contributed by atoms with Crippen molar-refractivity contribution in [1.82, 2.24) is 9.88 Å². The van der Waals surface area contributed by atoms with Gasteiger partial charge in [0.15, 0.2) is 0 Å². The van der Waals surface area contributed by atoms with Crippen molar-refractivity contribution in [2.75, 3.05) is 32.0 Å². The summed E-state index contributed by atoms with van der Waals surface area (Å²) >= 11 is 0. The number of aryl methyl sites for hydroxylation is 1. The fourth-order valence-corrected chi connectivity index (χ4v) is 1.50. The summed E-state index contributed by atoms with van der Waals surface area (Å²) in [6.07, 6.45) is 3.05. The van der Waals surface area contributed by atoms with E-state index in [2.05, 4.69) is 42.2 Å². The Morgan fingerprint density at radius 2 is 2.20 bits per heavy atom. The Morgan fingerprint density at radius 3 is 2.87 bits per heavy atom. The van der Waals surface area contributed by atoms with E-state index >= 15 is 0 Å². The molecule has 0 aliphatic rings. The molecule has 0 unspecified atom stereocenters. The molecule has 84 valence electrons. The van der Waals surface area contributed by atoms with E-state index in [0.717, 1.165) is 25.5 Å². The van der Waals surface area contributed by atoms with Gasteiger partial charge < -0.3 is 10.2 Å². The Bertz CT molecular complexity index is 286. The molecule has 1 aromatic rings. The second-order valence-corrected chi connectivity index (χ2v) is 3.95. The van der Waals surface area contributed by atoms with Crippen LogP contribution in [0.5, 0.6) is 0 Å². The van der Waals surface area contributed by atoms with E-state index in [1.165, 1.54) is 12.0 Å². The van der Waals surface area contributed by atoms with Crippen LogP contribution in [0.3, 0.4) is 0 Å². The third kappa shape index (κ3) is 4.79. The van der Waals surface area contributed by atoms with Crippen LogP contribution in [0.4, 0.5) is 5.82 Å². The Kier molecular flexibility index (Phi) is 5.12. The van der Waals surface area contributed by atoms with Gasteiger partial charge in [-0.1, -0.05) is 6.92 Å². The number of aromatic nitrogens is 1. The SMILES string of the molecule is CCCN(C)CCNc1cc(C)ccn1. The van der Waals surface area contributed by atoms with Crippen LogP contribution in [0.15, 0.2) is 18.3 Å². The summed E-state index contributed by atoms with van der Waals surface area (Å²) in [5.41, 5.74) is 1.24. The standard InChI is InChI=1S/C12H21N3/c1-4-8-15(3)9-7-14-12-10-11(2)5-6-13-12/h5-6,10H,4,7-9H2,1-3H3,(H,13,14). The lowest BCUT2D eigenvalue weighted by atomic mass is 10.3. The second kappa shape index (κ2) is 6.40. The van der Waals surface area contributed by atoms with Crippen molar-refractivity contribution in [2.45, 2.75) is 20.3 Å². The van der Waals surface area contributed by atoms with Gasteiger partial charge in [-0.2, -0.15) is 0 Å². The highest BCUT2D eigenvalue weighted by Gasteiger charge is 1.97. The lowest BCUT2D eigenvalue weighted by Crippen LogP contribution is -2.25. The highest BCUT2D eigenvalue weighted by Crippen LogP contribution is 2.04. The largest absolute Gasteiger partial charge is 0.369 e. The Morgan fingerprint density at radius 1 is 1.40 bits per heavy atom. The average molecular weight is 207 g/mol. The Hall–Kier alpha value is -1.09. The second-order valence-electron chi connectivity index (χ2n) is 3.95. The smallest absolute Gasteiger partial charge is 0.126 e. The van der Waals surface area contributed by atoms with E-state index in [9.17, 15) is 0 Å². The summed E-state index contributed by atoms with van der Waals surface area (Å²) in [5, 5.41) is 3.32. The minimum Gasteiger partial charge on any atom is -0.369 e. The fourth-order valence-electron chi connectivity index (χ4n) is 1.50. The molecule has 0 amide bonds. The van der Waals surface area contributed by atoms with Crippen molar-refractivity contribution in [2.24, 2.45) is 0 Å². The van der Waals surface area contributed by atoms with Gasteiger partial charge in [0.25, 0.3) is 0 Å². The molecule has 0 radical (unpaired) electrons. The van der Waals surface area contributed by atoms with Crippen molar-refractivity contribution in [3.63, 3.8) is 0 Å². The minimum absolute atomic E-state index is 0.951. The quantitative estimate of drug-likeness (QED) is 0.774. The van der Waals surface area contributed by atoms with Crippen LogP contribution in [0.2, 0.25) is 0 Å². The van der Waals surface area contributed by atoms with Crippen LogP contribution >= 0.6 is 0 Å². The van der Waals surface area contributed by atoms with Crippen LogP contribution in [0.1, 0.15) is 18.9 Å². The zero-order chi connectivity index (χ0) is 11.1. The molecule has 1 rings (SSSR count). The number of pyridine rings is 1. The molecule has 0 saturated carbocycles. The predicted octanol–water partition coefficient (Wildman–Crippen LogP) is 2.14. The first-order chi connectivity index (χ1) is 7.22. The maximum absolute atomic E-state index is 4.25. The number of anilines is 1. The highest BCUT2D eigenvalue weighted by atomic mass is 15.1. The van der Waals surface area contributed by atoms with Crippen LogP contribution in [-0.4, -0.2) is 36.6 Å². The van der Waals surface area contributed by atoms with Crippen LogP contribution in [-0.2, 0) is 0 Å². The van der Waals surface area contributed by atoms with Crippen LogP contribution in [0, 0.1) is 6.92 Å². The van der Waals surface area contributed by atoms with Crippen molar-refractivity contribution in [3.05, 3.63) is 23.9 Å². The van der Waals surface area contributed by atoms with Crippen molar-refractivity contribution >= 4 is 5.82 Å². The van der Waals surface area contributed by atoms with Gasteiger partial charge in [-0.3, -0.25) is 0 Å². The summed E-state index contributed by atoms with van der Waals surface area (Å²) in [6.45, 7) is 7.45. The van der Waals surface area contributed by atoms with Crippen LogP contribution in [0.25, 0.3) is 0 Å². The number of rotatable bonds is 6. The van der Waals surface area contributed by atoms with E-state index in [1.807, 2.05) is 12.3 Å². The van der Waals surface area contributed by atoms with Gasteiger partial charge in [0.1, 0.15) is 5.82 Å². The summed E-state index contributed by atoms with van der Waals surface area (Å²) in [6, 6.07) is 4.08. The topological polar surface area (TPSA) is 28.2 Å². The first kappa shape index (κ1) is 12.0. The molecule has 0 spiro atoms. The average Bonchev–Trinajstić information content (AvgIpc) is 2.18. The lowest BCUT2D eigenvalue weighted by Gasteiger charge is -2.15. The van der Waals surface area contributed by atoms with Gasteiger partial charge in [0.05, 0.1) is 0 Å². The van der Waals surface area contributed by atoms with Gasteiger partial charge in [-0.25, -0.2) is 4.98 Å². The van der Waals surface area contributed by atoms with Crippen LogP contribution < -0.4 is 5.32 Å². The molecule has 0 bridgehead atoms. The monoisotopic (exact) mass is 207 g/mol. The predicted molar refractivity (Wildman–Crippen MR) is 65.3 cm³/mol. The zero-order valence-corrected chi connectivity index (χ0v) is 9.95. The summed E-state index contributed by atoms with van der Waals surface area (Å²) in [7, 11) is 2.15. The number of nitrogens with one attached hydrogen (secondary N) is 1. The van der Waals surface area contributed by atoms with E-state index in [-0.39, 0.29) is 0 Å². The molecule has 1 N–H and O–H groups in total. The summed E-state index contributed by atoms with van der Waals surface area (Å²) < 4.78 is 0. The van der Waals surface area contributed by atoms with Crippen molar-refractivity contribution in [3.8, 4) is 0 Å². The molecular formula is C12H21N3. The molecule has 0 aliphatic carbocycles. The molecule has 0 saturated heterocycles. The molecule has 3 heteroatoms. The molecule has 3 nitrogen and oxygen atoms in total. The fraction of sp³-hybridized carbons (Fsp3) is 0.583. The maximum atomic E-state index is 4.25. The molecular weight excluding hydrogens is 186 g/mol. The number of hydrogen-bond donors (Lipinski definition) is 1. The molecule has 1 heterocycles. The minimum atomic E-state index is 0.951. The molecule has 15 heavy (non-hydrogen) atoms. The third-order valence-corrected chi connectivity index (χ3v) is 2.32. The van der Waals surface area contributed by atoms with E-state index in [0.29, 0.717) is 0 Å². The first-order valence-corrected chi connectivity index (χ1v) is 5.57. The van der Waals surface area contributed by atoms with E-state index in [1.54, 1.807) is 0 Å². The van der Waals surface area contributed by atoms with Gasteiger partial charge in [-0.15, -0.1) is 0 Å². The lowest BCUT2D eigenvalue weighted by molar-refractivity contribution is 0.347. The van der Waals surface area contributed by atoms with Gasteiger partial charge in [0.2, 0.25) is 0 Å². The summed E-state index contributed by atoms with van der Waals surface area (Å²) in [4.78, 5) is 6.57. The normalized spacial score (nSPS) is 10.7. The molecule has 0 atom stereocenters. The van der Waals surface area contributed by atoms with Crippen molar-refractivity contribution < 1.29 is 0 Å². The number of nitrogens with zero attached hydrogens (tertiary/aromatic N) is 2. The molecule has 1 aromatic heterocycles. The number of likely N-dealkylation sites (N-methyl/N-ethyl adjacent to an activating group) is 1. The number of hydrogen-bond acceptors (Lipinski definition) is 3. The van der Waals surface area contributed by atoms with E-state index < -0.39 is 0 Å². The highest BCUT2D eigenvalue weighted by molar-refractivity contribution is 5.36. The Balaban J connectivity index is 2.25. The van der Waals surface area contributed by atoms with E-state index in [4.69, 9.17) is 0 Å². The van der Waals surface area contributed by atoms with Gasteiger partial charge >= 0.3 is 0 Å². The molecule has 0 fully saturated rings. The Labute approximate surface area is 92.5 Å². The third-order valence-electron chi connectivity index (χ3n) is 2.32. The van der Waals surface area contributed by atoms with Gasteiger partial charge in [0, 0.05) is 19.3 Å².